The topological polar surface area (TPSA) is 73.7 Å². The molecular weight excluding hydrogens is 376 g/mol. The SMILES string of the molecule is COc1cc(-c2n[nH]c(=S)n2/N=C/C=C/c2ccccc2)cc(OC)c1OC. The maximum absolute atomic E-state index is 5.41. The Balaban J connectivity index is 1.96. The lowest BCUT2D eigenvalue weighted by molar-refractivity contribution is 0.324. The fourth-order valence-corrected chi connectivity index (χ4v) is 2.80. The van der Waals surface area contributed by atoms with Crippen LogP contribution in [0.25, 0.3) is 17.5 Å². The number of allylic oxidation sites excluding steroid dienone is 1. The Bertz CT molecular complexity index is 1030. The standard InChI is InChI=1S/C20H20N4O3S/c1-25-16-12-15(13-17(26-2)18(16)27-3)19-22-23-20(28)24(19)21-11-7-10-14-8-5-4-6-9-14/h4-13H,1-3H3,(H,23,28)/b10-7+,21-11+. The monoisotopic (exact) mass is 396 g/mol. The van der Waals surface area contributed by atoms with Crippen LogP contribution in [0.1, 0.15) is 5.56 Å². The van der Waals surface area contributed by atoms with Crippen molar-refractivity contribution in [2.45, 2.75) is 0 Å². The van der Waals surface area contributed by atoms with Gasteiger partial charge in [-0.2, -0.15) is 14.9 Å². The van der Waals surface area contributed by atoms with Gasteiger partial charge in [0, 0.05) is 11.8 Å². The van der Waals surface area contributed by atoms with Crippen LogP contribution in [0.3, 0.4) is 0 Å². The molecule has 3 rings (SSSR count). The lowest BCUT2D eigenvalue weighted by Gasteiger charge is -2.13. The molecule has 0 saturated carbocycles. The highest BCUT2D eigenvalue weighted by Gasteiger charge is 2.17. The fraction of sp³-hybridized carbons (Fsp3) is 0.150. The number of benzene rings is 2. The summed E-state index contributed by atoms with van der Waals surface area (Å²) in [6, 6.07) is 13.5. The summed E-state index contributed by atoms with van der Waals surface area (Å²) in [4.78, 5) is 0. The number of aromatic amines is 1. The lowest BCUT2D eigenvalue weighted by atomic mass is 10.1. The van der Waals surface area contributed by atoms with Crippen molar-refractivity contribution in [2.24, 2.45) is 5.10 Å². The molecule has 0 radical (unpaired) electrons. The van der Waals surface area contributed by atoms with Crippen LogP contribution in [0, 0.1) is 4.77 Å². The first kappa shape index (κ1) is 19.4. The molecule has 0 spiro atoms. The molecule has 0 aliphatic heterocycles. The van der Waals surface area contributed by atoms with Crippen LogP contribution in [-0.2, 0) is 0 Å². The Kier molecular flexibility index (Phi) is 6.23. The zero-order valence-corrected chi connectivity index (χ0v) is 16.6. The van der Waals surface area contributed by atoms with Crippen molar-refractivity contribution in [2.75, 3.05) is 21.3 Å². The maximum atomic E-state index is 5.41. The summed E-state index contributed by atoms with van der Waals surface area (Å²) in [5.74, 6) is 2.06. The molecule has 144 valence electrons. The van der Waals surface area contributed by atoms with Gasteiger partial charge < -0.3 is 14.2 Å². The summed E-state index contributed by atoms with van der Waals surface area (Å²) in [6.07, 6.45) is 5.44. The summed E-state index contributed by atoms with van der Waals surface area (Å²) in [7, 11) is 4.68. The van der Waals surface area contributed by atoms with Gasteiger partial charge in [-0.3, -0.25) is 0 Å². The number of hydrogen-bond donors (Lipinski definition) is 1. The number of nitrogens with zero attached hydrogens (tertiary/aromatic N) is 3. The molecule has 7 nitrogen and oxygen atoms in total. The predicted molar refractivity (Wildman–Crippen MR) is 112 cm³/mol. The summed E-state index contributed by atoms with van der Waals surface area (Å²) >= 11 is 5.31. The van der Waals surface area contributed by atoms with Gasteiger partial charge in [0.05, 0.1) is 21.3 Å². The van der Waals surface area contributed by atoms with E-state index in [1.54, 1.807) is 39.7 Å². The first-order valence-corrected chi connectivity index (χ1v) is 8.82. The highest BCUT2D eigenvalue weighted by Crippen LogP contribution is 2.40. The van der Waals surface area contributed by atoms with Crippen LogP contribution in [0.15, 0.2) is 53.6 Å². The van der Waals surface area contributed by atoms with E-state index in [0.717, 1.165) is 5.56 Å². The van der Waals surface area contributed by atoms with Gasteiger partial charge in [0.25, 0.3) is 0 Å². The molecule has 1 aromatic heterocycles. The first-order chi connectivity index (χ1) is 13.7. The molecule has 0 atom stereocenters. The number of hydrogen-bond acceptors (Lipinski definition) is 6. The third kappa shape index (κ3) is 4.12. The number of ether oxygens (including phenoxy) is 3. The van der Waals surface area contributed by atoms with E-state index >= 15 is 0 Å². The van der Waals surface area contributed by atoms with Crippen LogP contribution in [0.4, 0.5) is 0 Å². The van der Waals surface area contributed by atoms with E-state index in [1.807, 2.05) is 42.5 Å². The molecule has 0 amide bonds. The Morgan fingerprint density at radius 1 is 1.04 bits per heavy atom. The molecule has 0 saturated heterocycles. The zero-order chi connectivity index (χ0) is 19.9. The van der Waals surface area contributed by atoms with Crippen LogP contribution in [0.5, 0.6) is 17.2 Å². The average Bonchev–Trinajstić information content (AvgIpc) is 3.11. The van der Waals surface area contributed by atoms with Crippen molar-refractivity contribution in [1.82, 2.24) is 14.9 Å². The fourth-order valence-electron chi connectivity index (χ4n) is 2.62. The van der Waals surface area contributed by atoms with E-state index in [9.17, 15) is 0 Å². The van der Waals surface area contributed by atoms with Crippen molar-refractivity contribution >= 4 is 24.5 Å². The van der Waals surface area contributed by atoms with Gasteiger partial charge in [-0.05, 0) is 36.0 Å². The molecule has 8 heteroatoms. The summed E-state index contributed by atoms with van der Waals surface area (Å²) in [5, 5.41) is 11.5. The Labute approximate surface area is 167 Å². The predicted octanol–water partition coefficient (Wildman–Crippen LogP) is 4.18. The van der Waals surface area contributed by atoms with Gasteiger partial charge >= 0.3 is 0 Å². The molecule has 28 heavy (non-hydrogen) atoms. The van der Waals surface area contributed by atoms with Crippen LogP contribution >= 0.6 is 12.2 Å². The second-order valence-electron chi connectivity index (χ2n) is 5.61. The Morgan fingerprint density at radius 2 is 1.71 bits per heavy atom. The number of aromatic nitrogens is 3. The molecule has 1 heterocycles. The molecular formula is C20H20N4O3S. The Hall–Kier alpha value is -3.39. The van der Waals surface area contributed by atoms with Gasteiger partial charge in [0.2, 0.25) is 10.5 Å². The van der Waals surface area contributed by atoms with Crippen LogP contribution in [0.2, 0.25) is 0 Å². The third-order valence-electron chi connectivity index (χ3n) is 3.93. The van der Waals surface area contributed by atoms with Gasteiger partial charge in [-0.1, -0.05) is 36.4 Å². The second kappa shape index (κ2) is 9.01. The van der Waals surface area contributed by atoms with Crippen LogP contribution in [-0.4, -0.2) is 42.4 Å². The van der Waals surface area contributed by atoms with E-state index in [1.165, 1.54) is 4.68 Å². The highest BCUT2D eigenvalue weighted by molar-refractivity contribution is 7.71. The maximum Gasteiger partial charge on any atom is 0.216 e. The molecule has 0 fully saturated rings. The van der Waals surface area contributed by atoms with Gasteiger partial charge in [-0.15, -0.1) is 0 Å². The largest absolute Gasteiger partial charge is 0.493 e. The molecule has 1 N–H and O–H groups in total. The van der Waals surface area contributed by atoms with Crippen LogP contribution < -0.4 is 14.2 Å². The zero-order valence-electron chi connectivity index (χ0n) is 15.7. The van der Waals surface area contributed by atoms with E-state index < -0.39 is 0 Å². The quantitative estimate of drug-likeness (QED) is 0.479. The van der Waals surface area contributed by atoms with E-state index in [4.69, 9.17) is 26.4 Å². The van der Waals surface area contributed by atoms with E-state index in [0.29, 0.717) is 33.4 Å². The molecule has 3 aromatic rings. The van der Waals surface area contributed by atoms with E-state index in [2.05, 4.69) is 15.3 Å². The molecule has 0 unspecified atom stereocenters. The van der Waals surface area contributed by atoms with Gasteiger partial charge in [0.15, 0.2) is 17.3 Å². The van der Waals surface area contributed by atoms with Gasteiger partial charge in [0.1, 0.15) is 0 Å². The number of methoxy groups -OCH3 is 3. The minimum absolute atomic E-state index is 0.369. The molecule has 0 aliphatic carbocycles. The van der Waals surface area contributed by atoms with Crippen molar-refractivity contribution in [3.8, 4) is 28.6 Å². The minimum Gasteiger partial charge on any atom is -0.493 e. The summed E-state index contributed by atoms with van der Waals surface area (Å²) in [5.41, 5.74) is 1.79. The number of rotatable bonds is 7. The van der Waals surface area contributed by atoms with Crippen molar-refractivity contribution in [3.63, 3.8) is 0 Å². The van der Waals surface area contributed by atoms with Crippen molar-refractivity contribution < 1.29 is 14.2 Å². The molecule has 2 aromatic carbocycles. The van der Waals surface area contributed by atoms with Crippen molar-refractivity contribution in [3.05, 3.63) is 58.9 Å². The van der Waals surface area contributed by atoms with Crippen molar-refractivity contribution in [1.29, 1.82) is 0 Å². The number of nitrogens with one attached hydrogen (secondary N) is 1. The number of H-pyrrole nitrogens is 1. The lowest BCUT2D eigenvalue weighted by Crippen LogP contribution is -1.98. The van der Waals surface area contributed by atoms with Gasteiger partial charge in [-0.25, -0.2) is 5.10 Å². The third-order valence-corrected chi connectivity index (χ3v) is 4.19. The average molecular weight is 396 g/mol. The normalized spacial score (nSPS) is 11.2. The summed E-state index contributed by atoms with van der Waals surface area (Å²) in [6.45, 7) is 0. The molecule has 0 aliphatic rings. The first-order valence-electron chi connectivity index (χ1n) is 8.41. The molecule has 0 bridgehead atoms. The second-order valence-corrected chi connectivity index (χ2v) is 6.00. The van der Waals surface area contributed by atoms with E-state index in [-0.39, 0.29) is 0 Å². The highest BCUT2D eigenvalue weighted by atomic mass is 32.1. The smallest absolute Gasteiger partial charge is 0.216 e. The summed E-state index contributed by atoms with van der Waals surface area (Å²) < 4.78 is 18.1. The minimum atomic E-state index is 0.369. The Morgan fingerprint density at radius 3 is 2.32 bits per heavy atom.